The molecule has 12 heteroatoms. The molecule has 1 aromatic heterocycles. The average Bonchev–Trinajstić information content (AvgIpc) is 3.85. The largest absolute Gasteiger partial charge is 0.371 e. The number of aryl methyl sites for hydroxylation is 1. The normalized spacial score (nSPS) is 22.2. The van der Waals surface area contributed by atoms with Gasteiger partial charge in [0.05, 0.1) is 16.9 Å². The topological polar surface area (TPSA) is 108 Å². The number of amides is 1. The first-order chi connectivity index (χ1) is 19.4. The maximum atomic E-state index is 13.7. The lowest BCUT2D eigenvalue weighted by Crippen LogP contribution is -2.40. The number of piperidine rings is 2. The summed E-state index contributed by atoms with van der Waals surface area (Å²) in [5, 5.41) is 2.87. The van der Waals surface area contributed by atoms with Crippen molar-refractivity contribution >= 4 is 39.1 Å². The molecule has 2 saturated heterocycles. The molecule has 6 rings (SSSR count). The van der Waals surface area contributed by atoms with Crippen molar-refractivity contribution in [3.05, 3.63) is 48.2 Å². The van der Waals surface area contributed by atoms with Crippen molar-refractivity contribution in [2.24, 2.45) is 5.41 Å². The Bertz CT molecular complexity index is 1470. The van der Waals surface area contributed by atoms with E-state index in [9.17, 15) is 22.0 Å². The minimum absolute atomic E-state index is 0.134. The average molecular weight is 587 g/mol. The number of carbonyl (C=O) groups excluding carboxylic acids is 1. The Morgan fingerprint density at radius 2 is 1.61 bits per heavy atom. The lowest BCUT2D eigenvalue weighted by atomic mass is 9.93. The number of nitrogens with zero attached hydrogens (tertiary/aromatic N) is 4. The molecule has 1 spiro atoms. The molecule has 2 saturated carbocycles. The van der Waals surface area contributed by atoms with Crippen molar-refractivity contribution in [1.29, 1.82) is 0 Å². The third-order valence-corrected chi connectivity index (χ3v) is 11.3. The van der Waals surface area contributed by atoms with Crippen LogP contribution in [0.4, 0.5) is 31.9 Å². The number of sulfonamides is 1. The second-order valence-electron chi connectivity index (χ2n) is 12.1. The summed E-state index contributed by atoms with van der Waals surface area (Å²) in [4.78, 5) is 26.4. The molecule has 0 bridgehead atoms. The highest BCUT2D eigenvalue weighted by Crippen LogP contribution is 2.54. The van der Waals surface area contributed by atoms with Crippen LogP contribution in [0.5, 0.6) is 0 Å². The molecule has 0 radical (unpaired) electrons. The van der Waals surface area contributed by atoms with Gasteiger partial charge in [0.15, 0.2) is 0 Å². The van der Waals surface area contributed by atoms with Gasteiger partial charge < -0.3 is 15.1 Å². The van der Waals surface area contributed by atoms with Gasteiger partial charge in [0.2, 0.25) is 16.0 Å². The maximum absolute atomic E-state index is 13.7. The molecule has 41 heavy (non-hydrogen) atoms. The Morgan fingerprint density at radius 1 is 0.951 bits per heavy atom. The van der Waals surface area contributed by atoms with E-state index >= 15 is 0 Å². The highest BCUT2D eigenvalue weighted by atomic mass is 32.2. The van der Waals surface area contributed by atoms with E-state index in [2.05, 4.69) is 31.5 Å². The van der Waals surface area contributed by atoms with Crippen molar-refractivity contribution in [2.75, 3.05) is 46.0 Å². The Balaban J connectivity index is 1.26. The first-order valence-corrected chi connectivity index (χ1v) is 15.8. The molecular weight excluding hydrogens is 550 g/mol. The number of anilines is 4. The first kappa shape index (κ1) is 27.9. The van der Waals surface area contributed by atoms with Crippen LogP contribution in [0.15, 0.2) is 36.9 Å². The fraction of sp³-hybridized carbons (Fsp3) is 0.552. The number of rotatable bonds is 8. The molecular formula is C29H36F2N6O3S. The van der Waals surface area contributed by atoms with E-state index in [1.807, 2.05) is 0 Å². The predicted octanol–water partition coefficient (Wildman–Crippen LogP) is 5.11. The minimum Gasteiger partial charge on any atom is -0.371 e. The Labute approximate surface area is 239 Å². The van der Waals surface area contributed by atoms with Crippen LogP contribution in [0.2, 0.25) is 0 Å². The monoisotopic (exact) mass is 586 g/mol. The summed E-state index contributed by atoms with van der Waals surface area (Å²) in [6.45, 7) is 7.31. The molecule has 0 unspecified atom stereocenters. The van der Waals surface area contributed by atoms with Crippen LogP contribution in [0.3, 0.4) is 0 Å². The summed E-state index contributed by atoms with van der Waals surface area (Å²) in [7, 11) is -3.67. The number of carbonyl (C=O) groups is 1. The van der Waals surface area contributed by atoms with Gasteiger partial charge in [0.25, 0.3) is 11.8 Å². The van der Waals surface area contributed by atoms with Crippen LogP contribution in [0.1, 0.15) is 67.4 Å². The van der Waals surface area contributed by atoms with Gasteiger partial charge in [0, 0.05) is 50.8 Å². The second kappa shape index (κ2) is 9.92. The zero-order valence-corrected chi connectivity index (χ0v) is 24.1. The van der Waals surface area contributed by atoms with Crippen LogP contribution in [0, 0.1) is 12.3 Å². The Hall–Kier alpha value is -3.28. The van der Waals surface area contributed by atoms with Gasteiger partial charge in [-0.3, -0.25) is 9.52 Å². The molecule has 9 nitrogen and oxygen atoms in total. The van der Waals surface area contributed by atoms with Gasteiger partial charge >= 0.3 is 0 Å². The number of hydrogen-bond donors (Lipinski definition) is 2. The summed E-state index contributed by atoms with van der Waals surface area (Å²) in [6.07, 6.45) is 6.57. The van der Waals surface area contributed by atoms with Crippen molar-refractivity contribution in [3.63, 3.8) is 0 Å². The molecule has 2 aliphatic carbocycles. The van der Waals surface area contributed by atoms with Crippen LogP contribution >= 0.6 is 0 Å². The number of halogens is 2. The summed E-state index contributed by atoms with van der Waals surface area (Å²) in [5.74, 6) is -2.49. The van der Waals surface area contributed by atoms with E-state index in [4.69, 9.17) is 0 Å². The Morgan fingerprint density at radius 3 is 2.22 bits per heavy atom. The lowest BCUT2D eigenvalue weighted by Gasteiger charge is -2.35. The Kier molecular flexibility index (Phi) is 6.74. The first-order valence-electron chi connectivity index (χ1n) is 14.3. The van der Waals surface area contributed by atoms with E-state index in [1.165, 1.54) is 18.9 Å². The molecule has 2 aliphatic heterocycles. The molecule has 4 fully saturated rings. The van der Waals surface area contributed by atoms with E-state index in [0.717, 1.165) is 25.9 Å². The van der Waals surface area contributed by atoms with E-state index in [0.29, 0.717) is 46.8 Å². The van der Waals surface area contributed by atoms with Gasteiger partial charge in [-0.05, 0) is 69.1 Å². The van der Waals surface area contributed by atoms with Gasteiger partial charge in [-0.25, -0.2) is 22.2 Å². The quantitative estimate of drug-likeness (QED) is 0.414. The summed E-state index contributed by atoms with van der Waals surface area (Å²) in [6, 6.07) is 6.62. The van der Waals surface area contributed by atoms with Crippen molar-refractivity contribution in [2.45, 2.75) is 69.0 Å². The SMILES string of the molecule is C=CC1(S(=O)(=O)Nc2ccc(C(=O)Nc3cc(C)nc(N4CCC(F)(F)CC4)n3)c(N3CCC4(CC3)CC4)c2)CC1. The molecule has 2 N–H and O–H groups in total. The third-order valence-electron chi connectivity index (χ3n) is 9.13. The highest BCUT2D eigenvalue weighted by Gasteiger charge is 2.52. The van der Waals surface area contributed by atoms with E-state index < -0.39 is 20.7 Å². The summed E-state index contributed by atoms with van der Waals surface area (Å²) >= 11 is 0. The molecule has 1 amide bonds. The molecule has 0 atom stereocenters. The number of benzene rings is 1. The molecule has 4 aliphatic rings. The van der Waals surface area contributed by atoms with E-state index in [1.54, 1.807) is 36.1 Å². The second-order valence-corrected chi connectivity index (χ2v) is 14.1. The molecule has 3 heterocycles. The van der Waals surface area contributed by atoms with Crippen LogP contribution in [0.25, 0.3) is 0 Å². The van der Waals surface area contributed by atoms with Gasteiger partial charge in [-0.2, -0.15) is 4.98 Å². The number of aromatic nitrogens is 2. The van der Waals surface area contributed by atoms with Crippen LogP contribution in [-0.2, 0) is 10.0 Å². The maximum Gasteiger partial charge on any atom is 0.258 e. The number of nitrogens with one attached hydrogen (secondary N) is 2. The van der Waals surface area contributed by atoms with Crippen LogP contribution in [-0.4, -0.2) is 61.1 Å². The van der Waals surface area contributed by atoms with Crippen molar-refractivity contribution in [3.8, 4) is 0 Å². The zero-order valence-electron chi connectivity index (χ0n) is 23.3. The summed E-state index contributed by atoms with van der Waals surface area (Å²) in [5.41, 5.74) is 2.49. The lowest BCUT2D eigenvalue weighted by molar-refractivity contribution is -0.0222. The standard InChI is InChI=1S/C29H36F2N6O3S/c1-3-28(8-9-28)41(39,40)35-21-4-5-22(23(19-21)36-14-10-27(6-7-27)11-15-36)25(38)33-24-18-20(2)32-26(34-24)37-16-12-29(30,31)13-17-37/h3-5,18-19,35H,1,6-17H2,2H3,(H,32,33,34,38). The van der Waals surface area contributed by atoms with Gasteiger partial charge in [0.1, 0.15) is 10.6 Å². The van der Waals surface area contributed by atoms with Crippen molar-refractivity contribution < 1.29 is 22.0 Å². The van der Waals surface area contributed by atoms with E-state index in [-0.39, 0.29) is 37.7 Å². The fourth-order valence-corrected chi connectivity index (χ4v) is 7.39. The van der Waals surface area contributed by atoms with Gasteiger partial charge in [-0.15, -0.1) is 6.58 Å². The molecule has 2 aromatic rings. The number of hydrogen-bond acceptors (Lipinski definition) is 7. The molecule has 1 aromatic carbocycles. The minimum atomic E-state index is -3.67. The predicted molar refractivity (Wildman–Crippen MR) is 155 cm³/mol. The zero-order chi connectivity index (χ0) is 29.0. The van der Waals surface area contributed by atoms with Crippen LogP contribution < -0.4 is 19.8 Å². The molecule has 220 valence electrons. The smallest absolute Gasteiger partial charge is 0.258 e. The fourth-order valence-electron chi connectivity index (χ4n) is 5.89. The number of alkyl halides is 2. The summed E-state index contributed by atoms with van der Waals surface area (Å²) < 4.78 is 55.2. The third kappa shape index (κ3) is 5.62. The highest BCUT2D eigenvalue weighted by molar-refractivity contribution is 7.94. The van der Waals surface area contributed by atoms with Crippen molar-refractivity contribution in [1.82, 2.24) is 9.97 Å². The van der Waals surface area contributed by atoms with Gasteiger partial charge in [-0.1, -0.05) is 6.08 Å².